The van der Waals surface area contributed by atoms with Gasteiger partial charge in [-0.1, -0.05) is 42.5 Å². The first-order valence-electron chi connectivity index (χ1n) is 9.93. The number of benzene rings is 2. The van der Waals surface area contributed by atoms with Crippen molar-refractivity contribution in [3.63, 3.8) is 0 Å². The first kappa shape index (κ1) is 15.4. The second-order valence-electron chi connectivity index (χ2n) is 8.70. The fourth-order valence-electron chi connectivity index (χ4n) is 6.38. The maximum Gasteiger partial charge on any atom is 0.150 e. The predicted octanol–water partition coefficient (Wildman–Crippen LogP) is 5.78. The summed E-state index contributed by atoms with van der Waals surface area (Å²) in [5.74, 6) is 4.74. The van der Waals surface area contributed by atoms with Crippen LogP contribution in [-0.2, 0) is 6.42 Å². The molecule has 0 aliphatic heterocycles. The van der Waals surface area contributed by atoms with Crippen molar-refractivity contribution in [3.8, 4) is 11.1 Å². The number of carbonyl (C=O) groups is 1. The molecule has 0 radical (unpaired) electrons. The molecule has 0 N–H and O–H groups in total. The van der Waals surface area contributed by atoms with E-state index in [9.17, 15) is 4.79 Å². The van der Waals surface area contributed by atoms with Crippen LogP contribution >= 0.6 is 0 Å². The molecule has 4 aliphatic carbocycles. The average Bonchev–Trinajstić information content (AvgIpc) is 2.64. The fraction of sp³-hybridized carbons (Fsp3) is 0.458. The van der Waals surface area contributed by atoms with E-state index in [4.69, 9.17) is 0 Å². The Hall–Kier alpha value is -1.89. The Morgan fingerprint density at radius 1 is 0.840 bits per heavy atom. The molecule has 2 aromatic rings. The zero-order valence-electron chi connectivity index (χ0n) is 14.7. The number of rotatable bonds is 4. The molecule has 2 aromatic carbocycles. The molecule has 6 rings (SSSR count). The van der Waals surface area contributed by atoms with Gasteiger partial charge >= 0.3 is 0 Å². The molecule has 4 bridgehead atoms. The third-order valence-corrected chi connectivity index (χ3v) is 7.23. The van der Waals surface area contributed by atoms with Gasteiger partial charge < -0.3 is 0 Å². The van der Waals surface area contributed by atoms with Crippen LogP contribution in [0.15, 0.2) is 48.5 Å². The zero-order chi connectivity index (χ0) is 16.8. The van der Waals surface area contributed by atoms with Crippen molar-refractivity contribution in [1.29, 1.82) is 0 Å². The lowest BCUT2D eigenvalue weighted by atomic mass is 9.51. The maximum atomic E-state index is 11.3. The minimum absolute atomic E-state index is 0.818. The lowest BCUT2D eigenvalue weighted by molar-refractivity contribution is -0.0359. The molecule has 4 saturated carbocycles. The summed E-state index contributed by atoms with van der Waals surface area (Å²) in [7, 11) is 0. The molecule has 0 amide bonds. The van der Waals surface area contributed by atoms with Gasteiger partial charge in [0.1, 0.15) is 6.29 Å². The number of carbonyl (C=O) groups excluding carboxylic acids is 1. The van der Waals surface area contributed by atoms with E-state index in [0.717, 1.165) is 47.9 Å². The van der Waals surface area contributed by atoms with Crippen LogP contribution in [0.5, 0.6) is 0 Å². The Balaban J connectivity index is 1.50. The summed E-state index contributed by atoms with van der Waals surface area (Å²) in [5.41, 5.74) is 4.80. The predicted molar refractivity (Wildman–Crippen MR) is 102 cm³/mol. The zero-order valence-corrected chi connectivity index (χ0v) is 14.7. The van der Waals surface area contributed by atoms with Crippen molar-refractivity contribution < 1.29 is 4.79 Å². The van der Waals surface area contributed by atoms with Crippen LogP contribution in [0.25, 0.3) is 11.1 Å². The molecule has 0 saturated heterocycles. The van der Waals surface area contributed by atoms with Gasteiger partial charge in [0.05, 0.1) is 0 Å². The molecular formula is C24H26O. The Kier molecular flexibility index (Phi) is 3.77. The van der Waals surface area contributed by atoms with Crippen LogP contribution in [0.2, 0.25) is 0 Å². The quantitative estimate of drug-likeness (QED) is 0.649. The summed E-state index contributed by atoms with van der Waals surface area (Å²) in [6, 6.07) is 16.9. The van der Waals surface area contributed by atoms with E-state index in [1.165, 1.54) is 48.8 Å². The highest BCUT2D eigenvalue weighted by molar-refractivity contribution is 5.78. The lowest BCUT2D eigenvalue weighted by Crippen LogP contribution is -2.45. The second-order valence-corrected chi connectivity index (χ2v) is 8.70. The van der Waals surface area contributed by atoms with E-state index < -0.39 is 0 Å². The van der Waals surface area contributed by atoms with Gasteiger partial charge in [0.2, 0.25) is 0 Å². The van der Waals surface area contributed by atoms with Gasteiger partial charge in [-0.2, -0.15) is 0 Å². The average molecular weight is 330 g/mol. The minimum Gasteiger partial charge on any atom is -0.298 e. The molecule has 1 nitrogen and oxygen atoms in total. The van der Waals surface area contributed by atoms with Gasteiger partial charge in [-0.3, -0.25) is 4.79 Å². The van der Waals surface area contributed by atoms with Crippen molar-refractivity contribution in [2.24, 2.45) is 29.6 Å². The SMILES string of the molecule is O=Cc1ccc(-c2ccccc2)c(CC2C3CC4CC(C3)CC2C4)c1. The third-order valence-electron chi connectivity index (χ3n) is 7.23. The molecule has 4 aliphatic rings. The van der Waals surface area contributed by atoms with E-state index >= 15 is 0 Å². The Morgan fingerprint density at radius 3 is 2.16 bits per heavy atom. The van der Waals surface area contributed by atoms with Gasteiger partial charge in [0, 0.05) is 5.56 Å². The minimum atomic E-state index is 0.818. The van der Waals surface area contributed by atoms with Crippen molar-refractivity contribution in [2.75, 3.05) is 0 Å². The summed E-state index contributed by atoms with van der Waals surface area (Å²) in [6.45, 7) is 0. The molecule has 0 spiro atoms. The van der Waals surface area contributed by atoms with Crippen LogP contribution in [0.4, 0.5) is 0 Å². The Labute approximate surface area is 150 Å². The maximum absolute atomic E-state index is 11.3. The van der Waals surface area contributed by atoms with E-state index in [1.54, 1.807) is 0 Å². The summed E-state index contributed by atoms with van der Waals surface area (Å²) in [6.07, 6.45) is 9.51. The molecule has 0 aromatic heterocycles. The lowest BCUT2D eigenvalue weighted by Gasteiger charge is -2.54. The second kappa shape index (κ2) is 6.12. The van der Waals surface area contributed by atoms with Crippen LogP contribution in [0.3, 0.4) is 0 Å². The number of hydrogen-bond acceptors (Lipinski definition) is 1. The Bertz CT molecular complexity index is 748. The van der Waals surface area contributed by atoms with Crippen molar-refractivity contribution in [2.45, 2.75) is 38.5 Å². The van der Waals surface area contributed by atoms with Crippen molar-refractivity contribution in [3.05, 3.63) is 59.7 Å². The van der Waals surface area contributed by atoms with Gasteiger partial charge in [0.15, 0.2) is 0 Å². The summed E-state index contributed by atoms with van der Waals surface area (Å²) in [5, 5.41) is 0. The Morgan fingerprint density at radius 2 is 1.52 bits per heavy atom. The van der Waals surface area contributed by atoms with Gasteiger partial charge in [-0.25, -0.2) is 0 Å². The summed E-state index contributed by atoms with van der Waals surface area (Å²) >= 11 is 0. The van der Waals surface area contributed by atoms with Crippen LogP contribution < -0.4 is 0 Å². The highest BCUT2D eigenvalue weighted by Gasteiger charge is 2.47. The number of aldehydes is 1. The first-order chi connectivity index (χ1) is 12.3. The van der Waals surface area contributed by atoms with Gasteiger partial charge in [-0.05, 0) is 90.9 Å². The smallest absolute Gasteiger partial charge is 0.150 e. The third kappa shape index (κ3) is 2.74. The van der Waals surface area contributed by atoms with Crippen LogP contribution in [0, 0.1) is 29.6 Å². The monoisotopic (exact) mass is 330 g/mol. The standard InChI is InChI=1S/C24H26O/c25-15-16-6-7-23(19-4-2-1-3-5-19)22(9-16)14-24-20-10-17-8-18(12-20)13-21(24)11-17/h1-7,9,15,17-18,20-21,24H,8,10-14H2. The highest BCUT2D eigenvalue weighted by Crippen LogP contribution is 2.57. The summed E-state index contributed by atoms with van der Waals surface area (Å²) < 4.78 is 0. The molecular weight excluding hydrogens is 304 g/mol. The van der Waals surface area contributed by atoms with Crippen LogP contribution in [-0.4, -0.2) is 6.29 Å². The molecule has 25 heavy (non-hydrogen) atoms. The molecule has 0 heterocycles. The highest BCUT2D eigenvalue weighted by atomic mass is 16.1. The van der Waals surface area contributed by atoms with E-state index in [2.05, 4.69) is 42.5 Å². The molecule has 4 fully saturated rings. The summed E-state index contributed by atoms with van der Waals surface area (Å²) in [4.78, 5) is 11.3. The van der Waals surface area contributed by atoms with Crippen molar-refractivity contribution >= 4 is 6.29 Å². The number of hydrogen-bond donors (Lipinski definition) is 0. The van der Waals surface area contributed by atoms with E-state index in [0.29, 0.717) is 0 Å². The van der Waals surface area contributed by atoms with Gasteiger partial charge in [-0.15, -0.1) is 0 Å². The molecule has 0 unspecified atom stereocenters. The fourth-order valence-corrected chi connectivity index (χ4v) is 6.38. The molecule has 1 heteroatoms. The van der Waals surface area contributed by atoms with E-state index in [-0.39, 0.29) is 0 Å². The first-order valence-corrected chi connectivity index (χ1v) is 9.93. The largest absolute Gasteiger partial charge is 0.298 e. The van der Waals surface area contributed by atoms with Crippen LogP contribution in [0.1, 0.15) is 48.0 Å². The topological polar surface area (TPSA) is 17.1 Å². The molecule has 128 valence electrons. The molecule has 0 atom stereocenters. The normalized spacial score (nSPS) is 32.7. The van der Waals surface area contributed by atoms with Gasteiger partial charge in [0.25, 0.3) is 0 Å². The van der Waals surface area contributed by atoms with Crippen molar-refractivity contribution in [1.82, 2.24) is 0 Å². The van der Waals surface area contributed by atoms with E-state index in [1.807, 2.05) is 6.07 Å².